The Morgan fingerprint density at radius 3 is 2.92 bits per heavy atom. The molecular weight excluding hydrogens is 285 g/mol. The van der Waals surface area contributed by atoms with Crippen molar-refractivity contribution >= 4 is 38.2 Å². The summed E-state index contributed by atoms with van der Waals surface area (Å²) < 4.78 is 6.41. The van der Waals surface area contributed by atoms with Crippen molar-refractivity contribution < 1.29 is 4.74 Å². The molecule has 0 aromatic heterocycles. The summed E-state index contributed by atoms with van der Waals surface area (Å²) in [5.41, 5.74) is 5.74. The molecule has 1 aromatic rings. The molecule has 0 saturated carbocycles. The largest absolute Gasteiger partial charge is 0.440 e. The van der Waals surface area contributed by atoms with Gasteiger partial charge in [-0.3, -0.25) is 5.73 Å². The topological polar surface area (TPSA) is 35.2 Å². The molecule has 0 bridgehead atoms. The van der Waals surface area contributed by atoms with Crippen LogP contribution in [-0.2, 0) is 0 Å². The van der Waals surface area contributed by atoms with E-state index in [1.54, 1.807) is 0 Å². The minimum absolute atomic E-state index is 0.00494. The van der Waals surface area contributed by atoms with Crippen LogP contribution in [0.25, 0.3) is 0 Å². The Morgan fingerprint density at radius 1 is 1.42 bits per heavy atom. The van der Waals surface area contributed by atoms with E-state index in [2.05, 4.69) is 28.7 Å². The normalized spacial score (nSPS) is 20.5. The third kappa shape index (κ3) is 1.27. The van der Waals surface area contributed by atoms with Crippen LogP contribution >= 0.6 is 33.1 Å². The van der Waals surface area contributed by atoms with Crippen molar-refractivity contribution in [3.8, 4) is 5.75 Å². The SMILES string of the molecule is NC1=S(CI)c2ccccc2O1. The first-order valence-electron chi connectivity index (χ1n) is 3.49. The number of halogens is 1. The Bertz CT molecular complexity index is 351. The van der Waals surface area contributed by atoms with E-state index in [4.69, 9.17) is 10.5 Å². The average molecular weight is 293 g/mol. The lowest BCUT2D eigenvalue weighted by molar-refractivity contribution is 0.551. The number of rotatable bonds is 1. The fraction of sp³-hybridized carbons (Fsp3) is 0.125. The van der Waals surface area contributed by atoms with Crippen LogP contribution in [0.5, 0.6) is 5.75 Å². The van der Waals surface area contributed by atoms with Crippen molar-refractivity contribution in [1.29, 1.82) is 0 Å². The zero-order valence-electron chi connectivity index (χ0n) is 6.29. The van der Waals surface area contributed by atoms with Gasteiger partial charge in [-0.25, -0.2) is 0 Å². The maximum Gasteiger partial charge on any atom is 0.201 e. The lowest BCUT2D eigenvalue weighted by Crippen LogP contribution is -2.15. The molecule has 0 fully saturated rings. The molecule has 0 radical (unpaired) electrons. The molecule has 1 aliphatic heterocycles. The van der Waals surface area contributed by atoms with Gasteiger partial charge in [0.1, 0.15) is 5.75 Å². The molecular formula is C8H8INOS. The second-order valence-electron chi connectivity index (χ2n) is 2.37. The van der Waals surface area contributed by atoms with Gasteiger partial charge in [-0.1, -0.05) is 45.2 Å². The molecule has 1 aliphatic rings. The smallest absolute Gasteiger partial charge is 0.201 e. The van der Waals surface area contributed by atoms with E-state index in [1.807, 2.05) is 18.2 Å². The number of hydrogen-bond acceptors (Lipinski definition) is 2. The van der Waals surface area contributed by atoms with Crippen molar-refractivity contribution in [2.24, 2.45) is 5.73 Å². The van der Waals surface area contributed by atoms with Crippen molar-refractivity contribution in [3.63, 3.8) is 0 Å². The molecule has 2 rings (SSSR count). The quantitative estimate of drug-likeness (QED) is 0.489. The Hall–Kier alpha value is -0.0700. The van der Waals surface area contributed by atoms with Crippen molar-refractivity contribution in [1.82, 2.24) is 0 Å². The summed E-state index contributed by atoms with van der Waals surface area (Å²) in [6, 6.07) is 8.03. The van der Waals surface area contributed by atoms with E-state index in [-0.39, 0.29) is 10.5 Å². The second-order valence-corrected chi connectivity index (χ2v) is 6.08. The van der Waals surface area contributed by atoms with E-state index in [0.29, 0.717) is 5.17 Å². The van der Waals surface area contributed by atoms with Crippen LogP contribution in [0.3, 0.4) is 0 Å². The fourth-order valence-electron chi connectivity index (χ4n) is 1.12. The highest BCUT2D eigenvalue weighted by atomic mass is 127. The van der Waals surface area contributed by atoms with Gasteiger partial charge in [0.05, 0.1) is 0 Å². The number of ether oxygens (including phenoxy) is 1. The monoisotopic (exact) mass is 293 g/mol. The van der Waals surface area contributed by atoms with E-state index < -0.39 is 0 Å². The third-order valence-electron chi connectivity index (χ3n) is 1.68. The number of para-hydroxylation sites is 1. The predicted molar refractivity (Wildman–Crippen MR) is 61.0 cm³/mol. The van der Waals surface area contributed by atoms with Crippen LogP contribution < -0.4 is 10.5 Å². The van der Waals surface area contributed by atoms with Crippen LogP contribution in [0, 0.1) is 0 Å². The molecule has 2 nitrogen and oxygen atoms in total. The Labute approximate surface area is 87.2 Å². The Kier molecular flexibility index (Phi) is 2.38. The molecule has 0 aliphatic carbocycles. The number of benzene rings is 1. The molecule has 1 heterocycles. The first-order chi connectivity index (χ1) is 5.83. The number of alkyl halides is 1. The molecule has 1 aromatic carbocycles. The number of nitrogens with two attached hydrogens (primary N) is 1. The number of fused-ring (bicyclic) bond motifs is 1. The van der Waals surface area contributed by atoms with Gasteiger partial charge >= 0.3 is 0 Å². The highest BCUT2D eigenvalue weighted by Gasteiger charge is 2.18. The standard InChI is InChI=1S/C8H8INOS/c9-5-12-7-4-2-1-3-6(7)11-8(12)10/h1-4H,5,10H2. The molecule has 1 atom stereocenters. The highest BCUT2D eigenvalue weighted by molar-refractivity contribution is 14.1. The summed E-state index contributed by atoms with van der Waals surface area (Å²) in [6.07, 6.45) is 0. The van der Waals surface area contributed by atoms with Crippen molar-refractivity contribution in [2.45, 2.75) is 4.90 Å². The van der Waals surface area contributed by atoms with Crippen LogP contribution in [0.15, 0.2) is 29.2 Å². The summed E-state index contributed by atoms with van der Waals surface area (Å²) in [7, 11) is 0.00494. The van der Waals surface area contributed by atoms with E-state index in [9.17, 15) is 0 Å². The summed E-state index contributed by atoms with van der Waals surface area (Å²) in [5, 5.41) is 0.658. The summed E-state index contributed by atoms with van der Waals surface area (Å²) in [4.78, 5) is 1.24. The molecule has 4 heteroatoms. The maximum absolute atomic E-state index is 5.74. The second kappa shape index (κ2) is 3.35. The van der Waals surface area contributed by atoms with Gasteiger partial charge < -0.3 is 4.74 Å². The van der Waals surface area contributed by atoms with Crippen LogP contribution in [0.2, 0.25) is 0 Å². The maximum atomic E-state index is 5.74. The van der Waals surface area contributed by atoms with Gasteiger partial charge in [0.15, 0.2) is 0 Å². The first-order valence-corrected chi connectivity index (χ1v) is 6.41. The van der Waals surface area contributed by atoms with Crippen molar-refractivity contribution in [2.75, 3.05) is 3.76 Å². The highest BCUT2D eigenvalue weighted by Crippen LogP contribution is 2.41. The predicted octanol–water partition coefficient (Wildman–Crippen LogP) is 2.15. The molecule has 1 unspecified atom stereocenters. The summed E-state index contributed by atoms with van der Waals surface area (Å²) in [6.45, 7) is 0. The molecule has 2 N–H and O–H groups in total. The van der Waals surface area contributed by atoms with Gasteiger partial charge in [0.25, 0.3) is 0 Å². The Balaban J connectivity index is 2.53. The van der Waals surface area contributed by atoms with Gasteiger partial charge in [-0.2, -0.15) is 0 Å². The molecule has 0 spiro atoms. The minimum Gasteiger partial charge on any atom is -0.440 e. The fourth-order valence-corrected chi connectivity index (χ4v) is 4.27. The molecule has 12 heavy (non-hydrogen) atoms. The van der Waals surface area contributed by atoms with Gasteiger partial charge in [0, 0.05) is 8.66 Å². The third-order valence-corrected chi connectivity index (χ3v) is 5.20. The van der Waals surface area contributed by atoms with E-state index >= 15 is 0 Å². The first kappa shape index (κ1) is 8.52. The minimum atomic E-state index is 0.00494. The lowest BCUT2D eigenvalue weighted by Gasteiger charge is -1.97. The molecule has 64 valence electrons. The summed E-state index contributed by atoms with van der Waals surface area (Å²) in [5.74, 6) is 0.926. The van der Waals surface area contributed by atoms with Crippen LogP contribution in [0.4, 0.5) is 0 Å². The molecule has 0 saturated heterocycles. The van der Waals surface area contributed by atoms with E-state index in [1.165, 1.54) is 4.90 Å². The average Bonchev–Trinajstić information content (AvgIpc) is 2.40. The van der Waals surface area contributed by atoms with Crippen molar-refractivity contribution in [3.05, 3.63) is 24.3 Å². The zero-order chi connectivity index (χ0) is 8.55. The van der Waals surface area contributed by atoms with Gasteiger partial charge in [-0.05, 0) is 12.1 Å². The van der Waals surface area contributed by atoms with Gasteiger partial charge in [0.2, 0.25) is 5.17 Å². The zero-order valence-corrected chi connectivity index (χ0v) is 9.26. The Morgan fingerprint density at radius 2 is 2.17 bits per heavy atom. The number of hydrogen-bond donors (Lipinski definition) is 1. The lowest BCUT2D eigenvalue weighted by atomic mass is 10.3. The van der Waals surface area contributed by atoms with Gasteiger partial charge in [-0.15, -0.1) is 0 Å². The molecule has 0 amide bonds. The van der Waals surface area contributed by atoms with Crippen LogP contribution in [0.1, 0.15) is 0 Å². The van der Waals surface area contributed by atoms with Crippen LogP contribution in [-0.4, -0.2) is 8.93 Å². The summed E-state index contributed by atoms with van der Waals surface area (Å²) >= 11 is 2.33. The van der Waals surface area contributed by atoms with E-state index in [0.717, 1.165) is 9.51 Å².